The van der Waals surface area contributed by atoms with Gasteiger partial charge >= 0.3 is 6.03 Å². The van der Waals surface area contributed by atoms with Gasteiger partial charge in [-0.3, -0.25) is 20.2 Å². The van der Waals surface area contributed by atoms with Crippen molar-refractivity contribution >= 4 is 67.0 Å². The number of carbonyl (C=O) groups is 3. The van der Waals surface area contributed by atoms with Gasteiger partial charge < -0.3 is 10.6 Å². The first-order valence-electron chi connectivity index (χ1n) is 8.57. The summed E-state index contributed by atoms with van der Waals surface area (Å²) in [5.74, 6) is -1.41. The molecule has 0 bridgehead atoms. The van der Waals surface area contributed by atoms with Gasteiger partial charge in [0, 0.05) is 8.95 Å². The van der Waals surface area contributed by atoms with Crippen molar-refractivity contribution in [1.29, 1.82) is 0 Å². The molecule has 0 aromatic heterocycles. The van der Waals surface area contributed by atoms with Gasteiger partial charge in [0.05, 0.1) is 12.1 Å². The van der Waals surface area contributed by atoms with E-state index in [1.165, 1.54) is 0 Å². The molecule has 2 aliphatic heterocycles. The van der Waals surface area contributed by atoms with Crippen LogP contribution in [0.2, 0.25) is 0 Å². The molecule has 4 N–H and O–H groups in total. The average molecular weight is 538 g/mol. The summed E-state index contributed by atoms with van der Waals surface area (Å²) < 4.78 is 1.56. The number of amides is 4. The minimum atomic E-state index is -1.71. The molecule has 7 nitrogen and oxygen atoms in total. The summed E-state index contributed by atoms with van der Waals surface area (Å²) in [4.78, 5) is 38.4. The molecule has 2 fully saturated rings. The van der Waals surface area contributed by atoms with Crippen molar-refractivity contribution in [3.63, 3.8) is 0 Å². The Morgan fingerprint density at radius 3 is 1.66 bits per heavy atom. The second kappa shape index (κ2) is 7.51. The minimum Gasteiger partial charge on any atom is -0.354 e. The highest BCUT2D eigenvalue weighted by Gasteiger charge is 2.63. The molecule has 1 spiro atoms. The van der Waals surface area contributed by atoms with Gasteiger partial charge in [0.15, 0.2) is 10.5 Å². The van der Waals surface area contributed by atoms with E-state index >= 15 is 0 Å². The second-order valence-electron chi connectivity index (χ2n) is 6.70. The standard InChI is InChI=1S/C19H14Br2N4O3S/c20-11-5-1-3-9(7-11)13-19(15(26)24-17(28)25-16(19)27)14(23-18(29)22-13)10-4-2-6-12(21)8-10/h1-8,13-14H,(H2,22,23,29)(H2,24,25,26,27,28). The van der Waals surface area contributed by atoms with Gasteiger partial charge in [-0.25, -0.2) is 4.79 Å². The highest BCUT2D eigenvalue weighted by molar-refractivity contribution is 9.10. The number of thiocarbonyl (C=S) groups is 1. The van der Waals surface area contributed by atoms with Crippen LogP contribution in [-0.4, -0.2) is 23.0 Å². The maximum absolute atomic E-state index is 13.3. The fourth-order valence-corrected chi connectivity index (χ4v) is 4.90. The van der Waals surface area contributed by atoms with Gasteiger partial charge in [0.2, 0.25) is 11.8 Å². The predicted octanol–water partition coefficient (Wildman–Crippen LogP) is 2.82. The Morgan fingerprint density at radius 1 is 0.793 bits per heavy atom. The predicted molar refractivity (Wildman–Crippen MR) is 117 cm³/mol. The van der Waals surface area contributed by atoms with Gasteiger partial charge in [0.25, 0.3) is 0 Å². The molecule has 10 heteroatoms. The zero-order valence-electron chi connectivity index (χ0n) is 14.7. The van der Waals surface area contributed by atoms with E-state index in [0.29, 0.717) is 16.2 Å². The lowest BCUT2D eigenvalue weighted by Crippen LogP contribution is -2.73. The first-order chi connectivity index (χ1) is 13.8. The van der Waals surface area contributed by atoms with Crippen molar-refractivity contribution in [2.45, 2.75) is 12.1 Å². The molecule has 2 heterocycles. The van der Waals surface area contributed by atoms with Crippen molar-refractivity contribution in [2.24, 2.45) is 5.41 Å². The van der Waals surface area contributed by atoms with Crippen molar-refractivity contribution in [3.05, 3.63) is 68.6 Å². The fourth-order valence-electron chi connectivity index (χ4n) is 3.83. The van der Waals surface area contributed by atoms with Crippen LogP contribution < -0.4 is 21.3 Å². The fraction of sp³-hybridized carbons (Fsp3) is 0.158. The molecular formula is C19H14Br2N4O3S. The molecule has 0 saturated carbocycles. The normalized spacial score (nSPS) is 23.1. The molecular weight excluding hydrogens is 524 g/mol. The Balaban J connectivity index is 1.96. The molecule has 2 aliphatic rings. The summed E-state index contributed by atoms with van der Waals surface area (Å²) in [6, 6.07) is 12.0. The van der Waals surface area contributed by atoms with Crippen LogP contribution in [0.3, 0.4) is 0 Å². The van der Waals surface area contributed by atoms with E-state index in [0.717, 1.165) is 8.95 Å². The number of rotatable bonds is 2. The number of carbonyl (C=O) groups excluding carboxylic acids is 3. The SMILES string of the molecule is O=C1NC(=O)C2(C(=O)N1)C(c1cccc(Br)c1)NC(=S)NC2c1cccc(Br)c1. The Bertz CT molecular complexity index is 982. The lowest BCUT2D eigenvalue weighted by atomic mass is 9.66. The molecule has 2 saturated heterocycles. The molecule has 2 aromatic carbocycles. The third-order valence-electron chi connectivity index (χ3n) is 5.03. The van der Waals surface area contributed by atoms with Crippen molar-refractivity contribution in [1.82, 2.24) is 21.3 Å². The summed E-state index contributed by atoms with van der Waals surface area (Å²) in [6.45, 7) is 0. The maximum atomic E-state index is 13.3. The number of nitrogens with one attached hydrogen (secondary N) is 4. The van der Waals surface area contributed by atoms with Crippen LogP contribution in [0, 0.1) is 5.41 Å². The number of benzene rings is 2. The van der Waals surface area contributed by atoms with Gasteiger partial charge in [-0.1, -0.05) is 56.1 Å². The van der Waals surface area contributed by atoms with Crippen LogP contribution >= 0.6 is 44.1 Å². The average Bonchev–Trinajstić information content (AvgIpc) is 2.66. The van der Waals surface area contributed by atoms with E-state index in [4.69, 9.17) is 12.2 Å². The van der Waals surface area contributed by atoms with Crippen LogP contribution in [0.5, 0.6) is 0 Å². The largest absolute Gasteiger partial charge is 0.354 e. The number of halogens is 2. The van der Waals surface area contributed by atoms with E-state index < -0.39 is 35.3 Å². The zero-order chi connectivity index (χ0) is 20.8. The van der Waals surface area contributed by atoms with Crippen molar-refractivity contribution < 1.29 is 14.4 Å². The summed E-state index contributed by atoms with van der Waals surface area (Å²) in [5.41, 5.74) is -0.372. The highest BCUT2D eigenvalue weighted by atomic mass is 79.9. The summed E-state index contributed by atoms with van der Waals surface area (Å²) in [5, 5.41) is 10.9. The van der Waals surface area contributed by atoms with Crippen LogP contribution in [0.15, 0.2) is 57.5 Å². The lowest BCUT2D eigenvalue weighted by molar-refractivity contribution is -0.149. The topological polar surface area (TPSA) is 99.3 Å². The Hall–Kier alpha value is -2.30. The summed E-state index contributed by atoms with van der Waals surface area (Å²) >= 11 is 12.3. The monoisotopic (exact) mass is 536 g/mol. The van der Waals surface area contributed by atoms with Gasteiger partial charge in [-0.05, 0) is 47.6 Å². The molecule has 4 rings (SSSR count). The Kier molecular flexibility index (Phi) is 5.18. The van der Waals surface area contributed by atoms with Crippen LogP contribution in [0.4, 0.5) is 4.79 Å². The molecule has 29 heavy (non-hydrogen) atoms. The lowest BCUT2D eigenvalue weighted by Gasteiger charge is -2.49. The van der Waals surface area contributed by atoms with Gasteiger partial charge in [-0.15, -0.1) is 0 Å². The summed E-state index contributed by atoms with van der Waals surface area (Å²) in [7, 11) is 0. The Labute approximate surface area is 188 Å². The Morgan fingerprint density at radius 2 is 1.24 bits per heavy atom. The summed E-state index contributed by atoms with van der Waals surface area (Å²) in [6.07, 6.45) is 0. The van der Waals surface area contributed by atoms with E-state index in [1.807, 2.05) is 24.3 Å². The molecule has 2 unspecified atom stereocenters. The molecule has 148 valence electrons. The van der Waals surface area contributed by atoms with Crippen LogP contribution in [0.25, 0.3) is 0 Å². The van der Waals surface area contributed by atoms with E-state index in [-0.39, 0.29) is 0 Å². The highest BCUT2D eigenvalue weighted by Crippen LogP contribution is 2.48. The number of urea groups is 1. The zero-order valence-corrected chi connectivity index (χ0v) is 18.7. The van der Waals surface area contributed by atoms with Crippen LogP contribution in [0.1, 0.15) is 23.2 Å². The number of hydrogen-bond acceptors (Lipinski definition) is 4. The smallest absolute Gasteiger partial charge is 0.328 e. The molecule has 4 amide bonds. The maximum Gasteiger partial charge on any atom is 0.328 e. The van der Waals surface area contributed by atoms with Crippen LogP contribution in [-0.2, 0) is 9.59 Å². The van der Waals surface area contributed by atoms with E-state index in [9.17, 15) is 14.4 Å². The first-order valence-corrected chi connectivity index (χ1v) is 10.6. The first kappa shape index (κ1) is 20.0. The number of barbiturate groups is 1. The van der Waals surface area contributed by atoms with Gasteiger partial charge in [0.1, 0.15) is 0 Å². The van der Waals surface area contributed by atoms with E-state index in [1.54, 1.807) is 24.3 Å². The van der Waals surface area contributed by atoms with E-state index in [2.05, 4.69) is 53.1 Å². The number of hydrogen-bond donors (Lipinski definition) is 4. The molecule has 2 aromatic rings. The van der Waals surface area contributed by atoms with Crippen molar-refractivity contribution in [3.8, 4) is 0 Å². The molecule has 0 radical (unpaired) electrons. The minimum absolute atomic E-state index is 0.295. The third kappa shape index (κ3) is 3.34. The van der Waals surface area contributed by atoms with Crippen molar-refractivity contribution in [2.75, 3.05) is 0 Å². The second-order valence-corrected chi connectivity index (χ2v) is 8.94. The van der Waals surface area contributed by atoms with Gasteiger partial charge in [-0.2, -0.15) is 0 Å². The number of imide groups is 2. The quantitative estimate of drug-likeness (QED) is 0.347. The third-order valence-corrected chi connectivity index (χ3v) is 6.25. The molecule has 2 atom stereocenters. The molecule has 0 aliphatic carbocycles.